The van der Waals surface area contributed by atoms with Gasteiger partial charge < -0.3 is 4.42 Å². The summed E-state index contributed by atoms with van der Waals surface area (Å²) in [5.41, 5.74) is 0.302. The maximum absolute atomic E-state index is 5.38. The molecule has 0 aromatic carbocycles. The van der Waals surface area contributed by atoms with Crippen molar-refractivity contribution >= 4 is 0 Å². The Morgan fingerprint density at radius 1 is 1.19 bits per heavy atom. The van der Waals surface area contributed by atoms with Gasteiger partial charge in [0.2, 0.25) is 0 Å². The minimum Gasteiger partial charge on any atom is -0.468 e. The fourth-order valence-corrected chi connectivity index (χ4v) is 2.20. The van der Waals surface area contributed by atoms with Crippen LogP contribution in [0.2, 0.25) is 0 Å². The van der Waals surface area contributed by atoms with Gasteiger partial charge in [-0.3, -0.25) is 9.80 Å². The van der Waals surface area contributed by atoms with Gasteiger partial charge in [-0.05, 0) is 32.9 Å². The third kappa shape index (κ3) is 2.86. The molecule has 2 rings (SSSR count). The molecule has 0 N–H and O–H groups in total. The standard InChI is InChI=1S/C13H22N2O/c1-13(2,3)15-8-6-14(7-9-15)11-12-5-4-10-16-12/h4-5,10H,6-9,11H2,1-3H3. The van der Waals surface area contributed by atoms with Gasteiger partial charge >= 0.3 is 0 Å². The van der Waals surface area contributed by atoms with E-state index in [1.807, 2.05) is 6.07 Å². The molecule has 0 saturated carbocycles. The summed E-state index contributed by atoms with van der Waals surface area (Å²) in [6, 6.07) is 4.01. The van der Waals surface area contributed by atoms with Crippen LogP contribution in [0, 0.1) is 0 Å². The lowest BCUT2D eigenvalue weighted by Gasteiger charge is -2.42. The van der Waals surface area contributed by atoms with E-state index >= 15 is 0 Å². The molecule has 1 fully saturated rings. The molecule has 1 saturated heterocycles. The maximum Gasteiger partial charge on any atom is 0.117 e. The van der Waals surface area contributed by atoms with E-state index in [-0.39, 0.29) is 0 Å². The molecular formula is C13H22N2O. The lowest BCUT2D eigenvalue weighted by Crippen LogP contribution is -2.53. The zero-order chi connectivity index (χ0) is 11.6. The summed E-state index contributed by atoms with van der Waals surface area (Å²) in [5.74, 6) is 1.07. The first-order chi connectivity index (χ1) is 7.55. The molecule has 3 nitrogen and oxygen atoms in total. The molecule has 1 aliphatic heterocycles. The Morgan fingerprint density at radius 3 is 2.38 bits per heavy atom. The van der Waals surface area contributed by atoms with Crippen LogP contribution in [0.15, 0.2) is 22.8 Å². The minimum absolute atomic E-state index is 0.302. The molecule has 3 heteroatoms. The normalized spacial score (nSPS) is 20.2. The van der Waals surface area contributed by atoms with E-state index in [0.29, 0.717) is 5.54 Å². The first kappa shape index (κ1) is 11.7. The number of piperazine rings is 1. The Balaban J connectivity index is 1.82. The summed E-state index contributed by atoms with van der Waals surface area (Å²) in [6.07, 6.45) is 1.75. The Labute approximate surface area is 98.0 Å². The predicted octanol–water partition coefficient (Wildman–Crippen LogP) is 2.20. The van der Waals surface area contributed by atoms with Gasteiger partial charge in [0.1, 0.15) is 5.76 Å². The highest BCUT2D eigenvalue weighted by Gasteiger charge is 2.25. The van der Waals surface area contributed by atoms with Crippen LogP contribution in [0.3, 0.4) is 0 Å². The highest BCUT2D eigenvalue weighted by atomic mass is 16.3. The van der Waals surface area contributed by atoms with Gasteiger partial charge in [0.05, 0.1) is 12.8 Å². The van der Waals surface area contributed by atoms with Crippen molar-refractivity contribution in [3.63, 3.8) is 0 Å². The number of rotatable bonds is 2. The SMILES string of the molecule is CC(C)(C)N1CCN(Cc2ccco2)CC1. The molecule has 0 amide bonds. The Bertz CT molecular complexity index is 305. The molecule has 0 atom stereocenters. The molecular weight excluding hydrogens is 200 g/mol. The van der Waals surface area contributed by atoms with Gasteiger partial charge in [-0.1, -0.05) is 0 Å². The van der Waals surface area contributed by atoms with Crippen LogP contribution >= 0.6 is 0 Å². The molecule has 90 valence electrons. The van der Waals surface area contributed by atoms with Gasteiger partial charge in [-0.2, -0.15) is 0 Å². The van der Waals surface area contributed by atoms with Crippen molar-refractivity contribution in [3.05, 3.63) is 24.2 Å². The van der Waals surface area contributed by atoms with Crippen LogP contribution in [0.1, 0.15) is 26.5 Å². The Morgan fingerprint density at radius 2 is 1.88 bits per heavy atom. The number of nitrogens with zero attached hydrogens (tertiary/aromatic N) is 2. The van der Waals surface area contributed by atoms with E-state index < -0.39 is 0 Å². The van der Waals surface area contributed by atoms with Crippen LogP contribution in [0.25, 0.3) is 0 Å². The molecule has 1 aromatic heterocycles. The van der Waals surface area contributed by atoms with Crippen molar-refractivity contribution in [3.8, 4) is 0 Å². The second-order valence-electron chi connectivity index (χ2n) is 5.51. The van der Waals surface area contributed by atoms with E-state index in [1.54, 1.807) is 6.26 Å². The molecule has 16 heavy (non-hydrogen) atoms. The highest BCUT2D eigenvalue weighted by molar-refractivity contribution is 4.98. The molecule has 0 bridgehead atoms. The zero-order valence-corrected chi connectivity index (χ0v) is 10.6. The molecule has 2 heterocycles. The van der Waals surface area contributed by atoms with Crippen molar-refractivity contribution in [1.82, 2.24) is 9.80 Å². The number of hydrogen-bond acceptors (Lipinski definition) is 3. The number of furan rings is 1. The van der Waals surface area contributed by atoms with Crippen LogP contribution < -0.4 is 0 Å². The smallest absolute Gasteiger partial charge is 0.117 e. The Kier molecular flexibility index (Phi) is 3.36. The van der Waals surface area contributed by atoms with Gasteiger partial charge in [0.25, 0.3) is 0 Å². The second kappa shape index (κ2) is 4.60. The summed E-state index contributed by atoms with van der Waals surface area (Å²) in [5, 5.41) is 0. The molecule has 0 aliphatic carbocycles. The van der Waals surface area contributed by atoms with Crippen molar-refractivity contribution in [1.29, 1.82) is 0 Å². The fourth-order valence-electron chi connectivity index (χ4n) is 2.20. The van der Waals surface area contributed by atoms with Gasteiger partial charge in [-0.15, -0.1) is 0 Å². The number of hydrogen-bond donors (Lipinski definition) is 0. The van der Waals surface area contributed by atoms with Crippen LogP contribution in [-0.2, 0) is 6.54 Å². The monoisotopic (exact) mass is 222 g/mol. The average molecular weight is 222 g/mol. The second-order valence-corrected chi connectivity index (χ2v) is 5.51. The molecule has 0 unspecified atom stereocenters. The lowest BCUT2D eigenvalue weighted by atomic mass is 10.1. The molecule has 0 radical (unpaired) electrons. The molecule has 1 aliphatic rings. The first-order valence-electron chi connectivity index (χ1n) is 6.05. The zero-order valence-electron chi connectivity index (χ0n) is 10.6. The third-order valence-corrected chi connectivity index (χ3v) is 3.28. The molecule has 0 spiro atoms. The van der Waals surface area contributed by atoms with E-state index in [2.05, 4.69) is 36.6 Å². The lowest BCUT2D eigenvalue weighted by molar-refractivity contribution is 0.0562. The average Bonchev–Trinajstić information content (AvgIpc) is 2.70. The quantitative estimate of drug-likeness (QED) is 0.765. The van der Waals surface area contributed by atoms with Crippen LogP contribution in [0.4, 0.5) is 0 Å². The minimum atomic E-state index is 0.302. The third-order valence-electron chi connectivity index (χ3n) is 3.28. The van der Waals surface area contributed by atoms with Crippen molar-refractivity contribution < 1.29 is 4.42 Å². The largest absolute Gasteiger partial charge is 0.468 e. The van der Waals surface area contributed by atoms with Gasteiger partial charge in [0, 0.05) is 31.7 Å². The van der Waals surface area contributed by atoms with E-state index in [9.17, 15) is 0 Å². The predicted molar refractivity (Wildman–Crippen MR) is 65.3 cm³/mol. The maximum atomic E-state index is 5.38. The van der Waals surface area contributed by atoms with Crippen molar-refractivity contribution in [2.75, 3.05) is 26.2 Å². The van der Waals surface area contributed by atoms with E-state index in [0.717, 1.165) is 38.5 Å². The molecule has 1 aromatic rings. The fraction of sp³-hybridized carbons (Fsp3) is 0.692. The summed E-state index contributed by atoms with van der Waals surface area (Å²) >= 11 is 0. The van der Waals surface area contributed by atoms with Gasteiger partial charge in [0.15, 0.2) is 0 Å². The van der Waals surface area contributed by atoms with E-state index in [1.165, 1.54) is 0 Å². The van der Waals surface area contributed by atoms with Gasteiger partial charge in [-0.25, -0.2) is 0 Å². The highest BCUT2D eigenvalue weighted by Crippen LogP contribution is 2.17. The summed E-state index contributed by atoms with van der Waals surface area (Å²) < 4.78 is 5.38. The summed E-state index contributed by atoms with van der Waals surface area (Å²) in [7, 11) is 0. The first-order valence-corrected chi connectivity index (χ1v) is 6.05. The van der Waals surface area contributed by atoms with Crippen molar-refractivity contribution in [2.45, 2.75) is 32.9 Å². The summed E-state index contributed by atoms with van der Waals surface area (Å²) in [4.78, 5) is 5.01. The Hall–Kier alpha value is -0.800. The van der Waals surface area contributed by atoms with E-state index in [4.69, 9.17) is 4.42 Å². The van der Waals surface area contributed by atoms with Crippen molar-refractivity contribution in [2.24, 2.45) is 0 Å². The van der Waals surface area contributed by atoms with Crippen LogP contribution in [0.5, 0.6) is 0 Å². The summed E-state index contributed by atoms with van der Waals surface area (Å²) in [6.45, 7) is 12.4. The topological polar surface area (TPSA) is 19.6 Å². The van der Waals surface area contributed by atoms with Crippen LogP contribution in [-0.4, -0.2) is 41.5 Å².